The van der Waals surface area contributed by atoms with E-state index in [-0.39, 0.29) is 24.3 Å². The molecule has 0 unspecified atom stereocenters. The highest BCUT2D eigenvalue weighted by Crippen LogP contribution is 2.25. The van der Waals surface area contributed by atoms with Gasteiger partial charge >= 0.3 is 0 Å². The first-order chi connectivity index (χ1) is 10.3. The molecule has 0 fully saturated rings. The Labute approximate surface area is 133 Å². The number of nitrogens with zero attached hydrogens (tertiary/aromatic N) is 1. The third kappa shape index (κ3) is 4.27. The highest BCUT2D eigenvalue weighted by atomic mass is 32.1. The van der Waals surface area contributed by atoms with Crippen molar-refractivity contribution in [2.75, 3.05) is 0 Å². The van der Waals surface area contributed by atoms with Gasteiger partial charge in [0.15, 0.2) is 11.6 Å². The molecule has 1 aromatic heterocycles. The van der Waals surface area contributed by atoms with Crippen LogP contribution in [-0.2, 0) is 23.2 Å². The van der Waals surface area contributed by atoms with Crippen molar-refractivity contribution in [3.63, 3.8) is 0 Å². The van der Waals surface area contributed by atoms with Gasteiger partial charge in [-0.05, 0) is 17.7 Å². The molecule has 0 aliphatic carbocycles. The van der Waals surface area contributed by atoms with E-state index in [1.54, 1.807) is 17.4 Å². The zero-order chi connectivity index (χ0) is 16.3. The Hall–Kier alpha value is -1.95. The highest BCUT2D eigenvalue weighted by molar-refractivity contribution is 7.09. The maximum absolute atomic E-state index is 13.2. The predicted molar refractivity (Wildman–Crippen MR) is 84.4 cm³/mol. The van der Waals surface area contributed by atoms with Gasteiger partial charge < -0.3 is 10.4 Å². The van der Waals surface area contributed by atoms with Gasteiger partial charge in [-0.2, -0.15) is 0 Å². The van der Waals surface area contributed by atoms with Gasteiger partial charge in [0.25, 0.3) is 0 Å². The van der Waals surface area contributed by atoms with Crippen molar-refractivity contribution in [1.29, 1.82) is 0 Å². The van der Waals surface area contributed by atoms with E-state index in [2.05, 4.69) is 31.1 Å². The number of phenolic OH excluding ortho intramolecular Hbond substituents is 1. The van der Waals surface area contributed by atoms with Crippen LogP contribution < -0.4 is 5.32 Å². The third-order valence-electron chi connectivity index (χ3n) is 3.04. The quantitative estimate of drug-likeness (QED) is 0.909. The van der Waals surface area contributed by atoms with Gasteiger partial charge in [-0.3, -0.25) is 4.79 Å². The minimum Gasteiger partial charge on any atom is -0.505 e. The molecule has 0 saturated heterocycles. The first-order valence-electron chi connectivity index (χ1n) is 6.94. The van der Waals surface area contributed by atoms with E-state index in [0.29, 0.717) is 5.56 Å². The Balaban J connectivity index is 1.90. The summed E-state index contributed by atoms with van der Waals surface area (Å²) in [7, 11) is 0. The van der Waals surface area contributed by atoms with Crippen molar-refractivity contribution in [1.82, 2.24) is 10.3 Å². The van der Waals surface area contributed by atoms with Crippen molar-refractivity contribution in [3.8, 4) is 5.75 Å². The van der Waals surface area contributed by atoms with Crippen LogP contribution in [-0.4, -0.2) is 16.0 Å². The number of benzene rings is 1. The number of carbonyl (C=O) groups is 1. The molecule has 0 saturated carbocycles. The number of carbonyl (C=O) groups excluding carboxylic acids is 1. The number of amides is 1. The van der Waals surface area contributed by atoms with Crippen molar-refractivity contribution < 1.29 is 14.3 Å². The van der Waals surface area contributed by atoms with Crippen LogP contribution in [0.1, 0.15) is 37.0 Å². The maximum atomic E-state index is 13.2. The number of nitrogens with one attached hydrogen (secondary N) is 1. The maximum Gasteiger partial charge on any atom is 0.226 e. The van der Waals surface area contributed by atoms with Gasteiger partial charge in [-0.25, -0.2) is 9.37 Å². The largest absolute Gasteiger partial charge is 0.505 e. The molecule has 1 amide bonds. The Morgan fingerprint density at radius 1 is 1.41 bits per heavy atom. The lowest BCUT2D eigenvalue weighted by atomic mass is 9.98. The molecule has 2 N–H and O–H groups in total. The molecule has 0 spiro atoms. The highest BCUT2D eigenvalue weighted by Gasteiger charge is 2.18. The van der Waals surface area contributed by atoms with E-state index in [9.17, 15) is 9.18 Å². The van der Waals surface area contributed by atoms with Crippen LogP contribution in [0.5, 0.6) is 5.75 Å². The lowest BCUT2D eigenvalue weighted by Crippen LogP contribution is -2.24. The van der Waals surface area contributed by atoms with E-state index >= 15 is 0 Å². The molecule has 1 aromatic carbocycles. The van der Waals surface area contributed by atoms with Crippen molar-refractivity contribution in [3.05, 3.63) is 45.7 Å². The van der Waals surface area contributed by atoms with Gasteiger partial charge in [0.2, 0.25) is 5.91 Å². The lowest BCUT2D eigenvalue weighted by Gasteiger charge is -2.13. The summed E-state index contributed by atoms with van der Waals surface area (Å²) < 4.78 is 13.2. The van der Waals surface area contributed by atoms with Crippen LogP contribution in [0.2, 0.25) is 0 Å². The van der Waals surface area contributed by atoms with Gasteiger partial charge in [-0.15, -0.1) is 11.3 Å². The fourth-order valence-corrected chi connectivity index (χ4v) is 2.73. The number of phenols is 1. The summed E-state index contributed by atoms with van der Waals surface area (Å²) in [6.45, 7) is 6.45. The van der Waals surface area contributed by atoms with Crippen molar-refractivity contribution in [2.24, 2.45) is 0 Å². The molecule has 0 aliphatic rings. The first kappa shape index (κ1) is 16.4. The van der Waals surface area contributed by atoms with Gasteiger partial charge in [-0.1, -0.05) is 26.8 Å². The molecule has 0 aliphatic heterocycles. The molecule has 2 rings (SSSR count). The van der Waals surface area contributed by atoms with Crippen LogP contribution in [0.15, 0.2) is 23.6 Å². The molecule has 0 bridgehead atoms. The average Bonchev–Trinajstić information content (AvgIpc) is 2.88. The SMILES string of the molecule is CC(C)(C)c1nc(CC(=O)NCc2ccc(O)c(F)c2)cs1. The third-order valence-corrected chi connectivity index (χ3v) is 4.35. The van der Waals surface area contributed by atoms with Crippen LogP contribution in [0.3, 0.4) is 0 Å². The van der Waals surface area contributed by atoms with Crippen LogP contribution in [0.4, 0.5) is 4.39 Å². The minimum atomic E-state index is -0.693. The van der Waals surface area contributed by atoms with Crippen LogP contribution >= 0.6 is 11.3 Å². The predicted octanol–water partition coefficient (Wildman–Crippen LogP) is 3.14. The molecule has 118 valence electrons. The molecular weight excluding hydrogens is 303 g/mol. The summed E-state index contributed by atoms with van der Waals surface area (Å²) in [5.41, 5.74) is 1.31. The molecule has 1 heterocycles. The average molecular weight is 322 g/mol. The molecule has 22 heavy (non-hydrogen) atoms. The second-order valence-corrected chi connectivity index (χ2v) is 6.99. The monoisotopic (exact) mass is 322 g/mol. The molecule has 0 atom stereocenters. The molecular formula is C16H19FN2O2S. The summed E-state index contributed by atoms with van der Waals surface area (Å²) in [4.78, 5) is 16.4. The zero-order valence-corrected chi connectivity index (χ0v) is 13.6. The van der Waals surface area contributed by atoms with E-state index in [0.717, 1.165) is 10.7 Å². The Morgan fingerprint density at radius 3 is 2.73 bits per heavy atom. The van der Waals surface area contributed by atoms with E-state index in [1.165, 1.54) is 12.1 Å². The van der Waals surface area contributed by atoms with Crippen LogP contribution in [0.25, 0.3) is 0 Å². The van der Waals surface area contributed by atoms with Gasteiger partial charge in [0.05, 0.1) is 17.1 Å². The summed E-state index contributed by atoms with van der Waals surface area (Å²) in [6.07, 6.45) is 0.202. The Morgan fingerprint density at radius 2 is 2.14 bits per heavy atom. The molecule has 4 nitrogen and oxygen atoms in total. The molecule has 2 aromatic rings. The number of aromatic nitrogens is 1. The molecule has 6 heteroatoms. The molecule has 0 radical (unpaired) electrons. The number of rotatable bonds is 4. The summed E-state index contributed by atoms with van der Waals surface area (Å²) in [5.74, 6) is -1.26. The topological polar surface area (TPSA) is 62.2 Å². The van der Waals surface area contributed by atoms with Crippen molar-refractivity contribution in [2.45, 2.75) is 39.2 Å². The van der Waals surface area contributed by atoms with Gasteiger partial charge in [0.1, 0.15) is 0 Å². The normalized spacial score (nSPS) is 11.5. The number of thiazole rings is 1. The number of aromatic hydroxyl groups is 1. The Bertz CT molecular complexity index is 677. The second-order valence-electron chi connectivity index (χ2n) is 6.13. The standard InChI is InChI=1S/C16H19FN2O2S/c1-16(2,3)15-19-11(9-22-15)7-14(21)18-8-10-4-5-13(20)12(17)6-10/h4-6,9,20H,7-8H2,1-3H3,(H,18,21). The van der Waals surface area contributed by atoms with E-state index < -0.39 is 11.6 Å². The number of hydrogen-bond donors (Lipinski definition) is 2. The summed E-state index contributed by atoms with van der Waals surface area (Å²) in [5, 5.41) is 14.7. The van der Waals surface area contributed by atoms with Crippen molar-refractivity contribution >= 4 is 17.2 Å². The fraction of sp³-hybridized carbons (Fsp3) is 0.375. The Kier molecular flexibility index (Phi) is 4.81. The fourth-order valence-electron chi connectivity index (χ4n) is 1.82. The lowest BCUT2D eigenvalue weighted by molar-refractivity contribution is -0.120. The minimum absolute atomic E-state index is 0.0248. The second kappa shape index (κ2) is 6.44. The van der Waals surface area contributed by atoms with Gasteiger partial charge in [0, 0.05) is 17.3 Å². The van der Waals surface area contributed by atoms with E-state index in [1.807, 2.05) is 5.38 Å². The number of hydrogen-bond acceptors (Lipinski definition) is 4. The summed E-state index contributed by atoms with van der Waals surface area (Å²) >= 11 is 1.55. The summed E-state index contributed by atoms with van der Waals surface area (Å²) in [6, 6.07) is 4.04. The van der Waals surface area contributed by atoms with Crippen LogP contribution in [0, 0.1) is 5.82 Å². The smallest absolute Gasteiger partial charge is 0.226 e. The first-order valence-corrected chi connectivity index (χ1v) is 7.82. The number of halogens is 1. The van der Waals surface area contributed by atoms with E-state index in [4.69, 9.17) is 5.11 Å². The zero-order valence-electron chi connectivity index (χ0n) is 12.8.